The molecule has 0 radical (unpaired) electrons. The highest BCUT2D eigenvalue weighted by atomic mass is 16.3. The van der Waals surface area contributed by atoms with Crippen LogP contribution in [0.3, 0.4) is 0 Å². The summed E-state index contributed by atoms with van der Waals surface area (Å²) < 4.78 is 0. The summed E-state index contributed by atoms with van der Waals surface area (Å²) in [6, 6.07) is 0. The van der Waals surface area contributed by atoms with E-state index in [1.807, 2.05) is 0 Å². The fourth-order valence-corrected chi connectivity index (χ4v) is 3.12. The smallest absolute Gasteiger partial charge is 0.263 e. The number of unbranched alkanes of at least 4 members (excludes halogenated alkanes) is 9. The van der Waals surface area contributed by atoms with Gasteiger partial charge in [-0.1, -0.05) is 71.6 Å². The number of aliphatic hydroxyl groups is 1. The fraction of sp³-hybridized carbons (Fsp3) is 0.800. The summed E-state index contributed by atoms with van der Waals surface area (Å²) in [6.45, 7) is 5.69. The minimum atomic E-state index is -0.426. The maximum atomic E-state index is 12.3. The molecule has 0 unspecified atom stereocenters. The van der Waals surface area contributed by atoms with Gasteiger partial charge in [0.1, 0.15) is 11.3 Å². The van der Waals surface area contributed by atoms with Crippen molar-refractivity contribution in [2.45, 2.75) is 84.5 Å². The van der Waals surface area contributed by atoms with Crippen molar-refractivity contribution in [1.29, 1.82) is 0 Å². The molecule has 2 amide bonds. The summed E-state index contributed by atoms with van der Waals surface area (Å²) in [7, 11) is 0. The van der Waals surface area contributed by atoms with Crippen LogP contribution >= 0.6 is 0 Å². The number of nitrogens with one attached hydrogen (secondary N) is 1. The lowest BCUT2D eigenvalue weighted by Crippen LogP contribution is -2.34. The van der Waals surface area contributed by atoms with Crippen LogP contribution in [-0.2, 0) is 9.59 Å². The van der Waals surface area contributed by atoms with Crippen LogP contribution in [0.5, 0.6) is 0 Å². The van der Waals surface area contributed by atoms with Gasteiger partial charge in [-0.25, -0.2) is 0 Å². The van der Waals surface area contributed by atoms with Crippen LogP contribution in [0.4, 0.5) is 0 Å². The summed E-state index contributed by atoms with van der Waals surface area (Å²) in [5, 5.41) is 12.8. The van der Waals surface area contributed by atoms with Gasteiger partial charge in [-0.2, -0.15) is 0 Å². The number of hydrogen-bond donors (Lipinski definition) is 2. The van der Waals surface area contributed by atoms with E-state index in [9.17, 15) is 14.7 Å². The Morgan fingerprint density at radius 2 is 1.52 bits per heavy atom. The highest BCUT2D eigenvalue weighted by Gasteiger charge is 2.34. The quantitative estimate of drug-likeness (QED) is 0.365. The summed E-state index contributed by atoms with van der Waals surface area (Å²) in [5.74, 6) is -0.840. The van der Waals surface area contributed by atoms with E-state index >= 15 is 0 Å². The van der Waals surface area contributed by atoms with Gasteiger partial charge in [0.25, 0.3) is 11.8 Å². The number of rotatable bonds is 14. The second-order valence-electron chi connectivity index (χ2n) is 6.99. The largest absolute Gasteiger partial charge is 0.509 e. The second-order valence-corrected chi connectivity index (χ2v) is 6.99. The lowest BCUT2D eigenvalue weighted by Gasteiger charge is -2.15. The van der Waals surface area contributed by atoms with Crippen LogP contribution in [0.1, 0.15) is 84.5 Å². The molecule has 0 saturated heterocycles. The molecule has 0 aromatic rings. The van der Waals surface area contributed by atoms with Crippen molar-refractivity contribution >= 4 is 11.8 Å². The van der Waals surface area contributed by atoms with Crippen LogP contribution in [0.15, 0.2) is 11.3 Å². The number of carbonyl (C=O) groups is 2. The predicted molar refractivity (Wildman–Crippen MR) is 101 cm³/mol. The molecule has 0 aromatic heterocycles. The first kappa shape index (κ1) is 21.5. The highest BCUT2D eigenvalue weighted by Crippen LogP contribution is 2.18. The van der Waals surface area contributed by atoms with Crippen LogP contribution < -0.4 is 5.32 Å². The third kappa shape index (κ3) is 7.93. The molecular formula is C20H36N2O3. The Morgan fingerprint density at radius 3 is 2.16 bits per heavy atom. The van der Waals surface area contributed by atoms with Crippen molar-refractivity contribution in [1.82, 2.24) is 10.2 Å². The van der Waals surface area contributed by atoms with Gasteiger partial charge in [0.05, 0.1) is 6.54 Å². The van der Waals surface area contributed by atoms with Gasteiger partial charge < -0.3 is 15.3 Å². The van der Waals surface area contributed by atoms with Crippen LogP contribution in [-0.4, -0.2) is 41.5 Å². The van der Waals surface area contributed by atoms with Crippen LogP contribution in [0, 0.1) is 0 Å². The fourth-order valence-electron chi connectivity index (χ4n) is 3.12. The van der Waals surface area contributed by atoms with E-state index < -0.39 is 5.91 Å². The van der Waals surface area contributed by atoms with Gasteiger partial charge in [-0.05, 0) is 12.8 Å². The molecule has 0 fully saturated rings. The molecule has 0 atom stereocenters. The molecule has 1 aliphatic heterocycles. The number of carbonyl (C=O) groups excluding carboxylic acids is 2. The van der Waals surface area contributed by atoms with Crippen molar-refractivity contribution in [3.8, 4) is 0 Å². The molecule has 5 heteroatoms. The number of amides is 2. The van der Waals surface area contributed by atoms with Crippen LogP contribution in [0.2, 0.25) is 0 Å². The minimum Gasteiger partial charge on any atom is -0.509 e. The maximum Gasteiger partial charge on any atom is 0.263 e. The zero-order valence-corrected chi connectivity index (χ0v) is 16.1. The van der Waals surface area contributed by atoms with Crippen molar-refractivity contribution < 1.29 is 14.7 Å². The topological polar surface area (TPSA) is 69.6 Å². The first-order chi connectivity index (χ1) is 12.1. The SMILES string of the molecule is CCCCCCCCCNC(=O)C1=C(O)CN(CCCCCC)C1=O. The molecule has 0 aromatic carbocycles. The Kier molecular flexibility index (Phi) is 11.0. The van der Waals surface area contributed by atoms with E-state index in [-0.39, 0.29) is 23.8 Å². The Hall–Kier alpha value is -1.52. The lowest BCUT2D eigenvalue weighted by atomic mass is 10.1. The third-order valence-corrected chi connectivity index (χ3v) is 4.70. The van der Waals surface area contributed by atoms with E-state index in [4.69, 9.17) is 0 Å². The number of nitrogens with zero attached hydrogens (tertiary/aromatic N) is 1. The average molecular weight is 353 g/mol. The number of hydrogen-bond acceptors (Lipinski definition) is 3. The third-order valence-electron chi connectivity index (χ3n) is 4.70. The summed E-state index contributed by atoms with van der Waals surface area (Å²) in [4.78, 5) is 26.1. The molecule has 0 bridgehead atoms. The first-order valence-electron chi connectivity index (χ1n) is 10.1. The van der Waals surface area contributed by atoms with Crippen molar-refractivity contribution in [2.24, 2.45) is 0 Å². The van der Waals surface area contributed by atoms with E-state index in [2.05, 4.69) is 19.2 Å². The van der Waals surface area contributed by atoms with E-state index in [0.29, 0.717) is 13.1 Å². The molecule has 0 saturated carbocycles. The zero-order valence-electron chi connectivity index (χ0n) is 16.1. The van der Waals surface area contributed by atoms with Crippen molar-refractivity contribution in [2.75, 3.05) is 19.6 Å². The molecule has 25 heavy (non-hydrogen) atoms. The normalized spacial score (nSPS) is 14.5. The summed E-state index contributed by atoms with van der Waals surface area (Å²) >= 11 is 0. The maximum absolute atomic E-state index is 12.3. The van der Waals surface area contributed by atoms with Gasteiger partial charge in [0.15, 0.2) is 0 Å². The lowest BCUT2D eigenvalue weighted by molar-refractivity contribution is -0.128. The monoisotopic (exact) mass is 352 g/mol. The van der Waals surface area contributed by atoms with Gasteiger partial charge in [0, 0.05) is 13.1 Å². The van der Waals surface area contributed by atoms with Crippen LogP contribution in [0.25, 0.3) is 0 Å². The average Bonchev–Trinajstić information content (AvgIpc) is 2.88. The highest BCUT2D eigenvalue weighted by molar-refractivity contribution is 6.20. The van der Waals surface area contributed by atoms with E-state index in [0.717, 1.165) is 38.5 Å². The van der Waals surface area contributed by atoms with Crippen molar-refractivity contribution in [3.63, 3.8) is 0 Å². The molecule has 5 nitrogen and oxygen atoms in total. The standard InChI is InChI=1S/C20H36N2O3/c1-3-5-7-9-10-11-12-14-21-19(24)18-17(23)16-22(20(18)25)15-13-8-6-4-2/h23H,3-16H2,1-2H3,(H,21,24). The molecule has 0 aliphatic carbocycles. The first-order valence-corrected chi connectivity index (χ1v) is 10.1. The van der Waals surface area contributed by atoms with E-state index in [1.54, 1.807) is 4.90 Å². The Bertz CT molecular complexity index is 446. The Balaban J connectivity index is 2.23. The van der Waals surface area contributed by atoms with E-state index in [1.165, 1.54) is 32.1 Å². The van der Waals surface area contributed by atoms with Gasteiger partial charge in [-0.3, -0.25) is 9.59 Å². The molecule has 144 valence electrons. The summed E-state index contributed by atoms with van der Waals surface area (Å²) in [6.07, 6.45) is 12.5. The van der Waals surface area contributed by atoms with Gasteiger partial charge in [0.2, 0.25) is 0 Å². The Morgan fingerprint density at radius 1 is 0.960 bits per heavy atom. The van der Waals surface area contributed by atoms with Gasteiger partial charge >= 0.3 is 0 Å². The zero-order chi connectivity index (χ0) is 18.5. The second kappa shape index (κ2) is 12.8. The predicted octanol–water partition coefficient (Wildman–Crippen LogP) is 4.09. The molecule has 1 aliphatic rings. The Labute approximate surface area is 152 Å². The minimum absolute atomic E-state index is 0.0570. The number of aliphatic hydroxyl groups excluding tert-OH is 1. The molecule has 1 heterocycles. The molecule has 1 rings (SSSR count). The summed E-state index contributed by atoms with van der Waals surface area (Å²) in [5.41, 5.74) is -0.0570. The molecule has 2 N–H and O–H groups in total. The molecule has 0 spiro atoms. The van der Waals surface area contributed by atoms with Gasteiger partial charge in [-0.15, -0.1) is 0 Å². The van der Waals surface area contributed by atoms with Crippen molar-refractivity contribution in [3.05, 3.63) is 11.3 Å². The molecular weight excluding hydrogens is 316 g/mol.